The average Bonchev–Trinajstić information content (AvgIpc) is 3.61. The van der Waals surface area contributed by atoms with Crippen LogP contribution in [0.1, 0.15) is 69.1 Å². The van der Waals surface area contributed by atoms with E-state index in [1.165, 1.54) is 30.7 Å². The van der Waals surface area contributed by atoms with Crippen LogP contribution in [-0.4, -0.2) is 13.2 Å². The molecule has 1 heterocycles. The van der Waals surface area contributed by atoms with Crippen molar-refractivity contribution < 1.29 is 31.4 Å². The SMILES string of the molecule is CCCC1CCC(COc2ccc(-c3ccc(C4CO4)c(F)c3C(F)F)c(F)c2F)CC1. The van der Waals surface area contributed by atoms with Crippen molar-refractivity contribution in [3.05, 3.63) is 52.8 Å². The van der Waals surface area contributed by atoms with E-state index in [1.54, 1.807) is 0 Å². The molecule has 1 saturated carbocycles. The highest BCUT2D eigenvalue weighted by molar-refractivity contribution is 5.70. The van der Waals surface area contributed by atoms with Gasteiger partial charge in [0, 0.05) is 11.1 Å². The lowest BCUT2D eigenvalue weighted by Gasteiger charge is -2.28. The quantitative estimate of drug-likeness (QED) is 0.300. The molecule has 1 aliphatic heterocycles. The van der Waals surface area contributed by atoms with Crippen LogP contribution in [-0.2, 0) is 4.74 Å². The van der Waals surface area contributed by atoms with E-state index in [9.17, 15) is 22.0 Å². The molecule has 2 aromatic carbocycles. The van der Waals surface area contributed by atoms with Gasteiger partial charge in [-0.25, -0.2) is 17.6 Å². The van der Waals surface area contributed by atoms with Crippen LogP contribution in [0.2, 0.25) is 0 Å². The number of halogens is 5. The third-order valence-corrected chi connectivity index (χ3v) is 6.58. The lowest BCUT2D eigenvalue weighted by atomic mass is 9.80. The van der Waals surface area contributed by atoms with Crippen molar-refractivity contribution in [1.82, 2.24) is 0 Å². The van der Waals surface area contributed by atoms with Crippen molar-refractivity contribution in [2.45, 2.75) is 58.0 Å². The third-order valence-electron chi connectivity index (χ3n) is 6.58. The number of hydrogen-bond donors (Lipinski definition) is 0. The molecule has 0 spiro atoms. The van der Waals surface area contributed by atoms with Crippen LogP contribution in [0.5, 0.6) is 5.75 Å². The van der Waals surface area contributed by atoms with E-state index < -0.39 is 41.1 Å². The summed E-state index contributed by atoms with van der Waals surface area (Å²) in [5.74, 6) is -2.97. The van der Waals surface area contributed by atoms with E-state index in [4.69, 9.17) is 9.47 Å². The number of ether oxygens (including phenoxy) is 2. The maximum absolute atomic E-state index is 14.8. The largest absolute Gasteiger partial charge is 0.490 e. The second-order valence-electron chi connectivity index (χ2n) is 8.78. The van der Waals surface area contributed by atoms with Crippen molar-refractivity contribution in [2.24, 2.45) is 11.8 Å². The van der Waals surface area contributed by atoms with Crippen LogP contribution in [0, 0.1) is 29.3 Å². The Hall–Kier alpha value is -2.15. The maximum Gasteiger partial charge on any atom is 0.267 e. The number of alkyl halides is 2. The zero-order valence-corrected chi connectivity index (χ0v) is 18.0. The van der Waals surface area contributed by atoms with Gasteiger partial charge in [-0.2, -0.15) is 4.39 Å². The Kier molecular flexibility index (Phi) is 7.03. The number of benzene rings is 2. The van der Waals surface area contributed by atoms with Crippen molar-refractivity contribution >= 4 is 0 Å². The summed E-state index contributed by atoms with van der Waals surface area (Å²) in [6, 6.07) is 4.86. The van der Waals surface area contributed by atoms with Gasteiger partial charge in [0.15, 0.2) is 11.6 Å². The lowest BCUT2D eigenvalue weighted by Crippen LogP contribution is -2.20. The molecule has 0 aromatic heterocycles. The number of rotatable bonds is 8. The molecule has 4 rings (SSSR count). The van der Waals surface area contributed by atoms with Crippen LogP contribution in [0.25, 0.3) is 11.1 Å². The van der Waals surface area contributed by atoms with Gasteiger partial charge in [0.25, 0.3) is 6.43 Å². The first-order chi connectivity index (χ1) is 15.4. The summed E-state index contributed by atoms with van der Waals surface area (Å²) in [4.78, 5) is 0. The molecule has 2 fully saturated rings. The molecule has 1 aliphatic carbocycles. The van der Waals surface area contributed by atoms with Crippen molar-refractivity contribution in [3.8, 4) is 16.9 Å². The Balaban J connectivity index is 1.52. The summed E-state index contributed by atoms with van der Waals surface area (Å²) >= 11 is 0. The van der Waals surface area contributed by atoms with E-state index in [1.807, 2.05) is 0 Å². The maximum atomic E-state index is 14.8. The highest BCUT2D eigenvalue weighted by Gasteiger charge is 2.33. The van der Waals surface area contributed by atoms with E-state index in [2.05, 4.69) is 6.92 Å². The van der Waals surface area contributed by atoms with Crippen LogP contribution in [0.15, 0.2) is 24.3 Å². The monoisotopic (exact) mass is 454 g/mol. The second-order valence-corrected chi connectivity index (χ2v) is 8.78. The van der Waals surface area contributed by atoms with Gasteiger partial charge >= 0.3 is 0 Å². The zero-order valence-electron chi connectivity index (χ0n) is 18.0. The first kappa shape index (κ1) is 23.0. The molecular weight excluding hydrogens is 427 g/mol. The second kappa shape index (κ2) is 9.77. The molecular formula is C25H27F5O2. The summed E-state index contributed by atoms with van der Waals surface area (Å²) in [6.45, 7) is 2.69. The van der Waals surface area contributed by atoms with Gasteiger partial charge < -0.3 is 9.47 Å². The molecule has 0 N–H and O–H groups in total. The molecule has 2 aliphatic rings. The smallest absolute Gasteiger partial charge is 0.267 e. The summed E-state index contributed by atoms with van der Waals surface area (Å²) in [5.41, 5.74) is -1.75. The van der Waals surface area contributed by atoms with Crippen molar-refractivity contribution in [1.29, 1.82) is 0 Å². The molecule has 1 atom stereocenters. The predicted octanol–water partition coefficient (Wildman–Crippen LogP) is 7.77. The fourth-order valence-corrected chi connectivity index (χ4v) is 4.69. The Bertz CT molecular complexity index is 950. The topological polar surface area (TPSA) is 21.8 Å². The molecule has 0 amide bonds. The van der Waals surface area contributed by atoms with Crippen LogP contribution < -0.4 is 4.74 Å². The van der Waals surface area contributed by atoms with Crippen LogP contribution in [0.4, 0.5) is 22.0 Å². The molecule has 32 heavy (non-hydrogen) atoms. The minimum Gasteiger partial charge on any atom is -0.490 e. The Morgan fingerprint density at radius 1 is 0.906 bits per heavy atom. The lowest BCUT2D eigenvalue weighted by molar-refractivity contribution is 0.146. The van der Waals surface area contributed by atoms with Gasteiger partial charge in [-0.3, -0.25) is 0 Å². The number of hydrogen-bond acceptors (Lipinski definition) is 2. The van der Waals surface area contributed by atoms with Crippen molar-refractivity contribution in [2.75, 3.05) is 13.2 Å². The average molecular weight is 454 g/mol. The van der Waals surface area contributed by atoms with Gasteiger partial charge in [-0.15, -0.1) is 0 Å². The van der Waals surface area contributed by atoms with Gasteiger partial charge in [-0.05, 0) is 42.4 Å². The Labute approximate surface area is 184 Å². The fourth-order valence-electron chi connectivity index (χ4n) is 4.69. The van der Waals surface area contributed by atoms with E-state index >= 15 is 0 Å². The Morgan fingerprint density at radius 3 is 2.19 bits per heavy atom. The summed E-state index contributed by atoms with van der Waals surface area (Å²) < 4.78 is 82.0. The molecule has 174 valence electrons. The standard InChI is InChI=1S/C25H27F5O2/c1-2-3-14-4-6-15(7-5-14)12-31-19-11-10-17(23(27)24(19)28)16-8-9-18(20-13-32-20)22(26)21(16)25(29)30/h8-11,14-15,20,25H,2-7,12-13H2,1H3. The van der Waals surface area contributed by atoms with Crippen LogP contribution >= 0.6 is 0 Å². The van der Waals surface area contributed by atoms with Crippen LogP contribution in [0.3, 0.4) is 0 Å². The Morgan fingerprint density at radius 2 is 1.56 bits per heavy atom. The third kappa shape index (κ3) is 4.77. The molecule has 7 heteroatoms. The normalized spacial score (nSPS) is 22.9. The van der Waals surface area contributed by atoms with E-state index in [0.717, 1.165) is 38.0 Å². The van der Waals surface area contributed by atoms with Gasteiger partial charge in [0.2, 0.25) is 5.82 Å². The van der Waals surface area contributed by atoms with Gasteiger partial charge in [-0.1, -0.05) is 44.7 Å². The van der Waals surface area contributed by atoms with Gasteiger partial charge in [0.1, 0.15) is 11.9 Å². The van der Waals surface area contributed by atoms with E-state index in [-0.39, 0.29) is 36.0 Å². The van der Waals surface area contributed by atoms with Crippen molar-refractivity contribution in [3.63, 3.8) is 0 Å². The predicted molar refractivity (Wildman–Crippen MR) is 111 cm³/mol. The molecule has 2 nitrogen and oxygen atoms in total. The minimum atomic E-state index is -3.19. The fraction of sp³-hybridized carbons (Fsp3) is 0.520. The zero-order chi connectivity index (χ0) is 22.8. The molecule has 0 radical (unpaired) electrons. The summed E-state index contributed by atoms with van der Waals surface area (Å²) in [6.07, 6.45) is 2.81. The molecule has 2 aromatic rings. The molecule has 1 saturated heterocycles. The van der Waals surface area contributed by atoms with Gasteiger partial charge in [0.05, 0.1) is 18.8 Å². The highest BCUT2D eigenvalue weighted by Crippen LogP contribution is 2.42. The molecule has 0 bridgehead atoms. The summed E-state index contributed by atoms with van der Waals surface area (Å²) in [5, 5.41) is 0. The number of epoxide rings is 1. The van der Waals surface area contributed by atoms with E-state index in [0.29, 0.717) is 0 Å². The summed E-state index contributed by atoms with van der Waals surface area (Å²) in [7, 11) is 0. The first-order valence-corrected chi connectivity index (χ1v) is 11.2. The first-order valence-electron chi connectivity index (χ1n) is 11.2. The molecule has 1 unspecified atom stereocenters. The minimum absolute atomic E-state index is 0.00135. The highest BCUT2D eigenvalue weighted by atomic mass is 19.3.